The van der Waals surface area contributed by atoms with Gasteiger partial charge in [-0.1, -0.05) is 12.1 Å². The monoisotopic (exact) mass is 287 g/mol. The Morgan fingerprint density at radius 1 is 1.19 bits per heavy atom. The van der Waals surface area contributed by atoms with Gasteiger partial charge in [0.2, 0.25) is 0 Å². The van der Waals surface area contributed by atoms with Crippen LogP contribution in [-0.4, -0.2) is 24.9 Å². The van der Waals surface area contributed by atoms with E-state index in [4.69, 9.17) is 5.73 Å². The molecule has 0 saturated heterocycles. The fourth-order valence-electron chi connectivity index (χ4n) is 1.97. The number of nitrogens with two attached hydrogens (primary N) is 1. The van der Waals surface area contributed by atoms with Crippen molar-refractivity contribution in [1.29, 1.82) is 0 Å². The number of anilines is 2. The van der Waals surface area contributed by atoms with Crippen LogP contribution in [-0.2, 0) is 6.54 Å². The number of hydrogen-bond acceptors (Lipinski definition) is 3. The van der Waals surface area contributed by atoms with Crippen LogP contribution >= 0.6 is 0 Å². The van der Waals surface area contributed by atoms with Crippen molar-refractivity contribution in [3.05, 3.63) is 59.4 Å². The highest BCUT2D eigenvalue weighted by Crippen LogP contribution is 2.15. The molecule has 0 atom stereocenters. The predicted octanol–water partition coefficient (Wildman–Crippen LogP) is 2.72. The highest BCUT2D eigenvalue weighted by atomic mass is 19.1. The highest BCUT2D eigenvalue weighted by Gasteiger charge is 2.12. The van der Waals surface area contributed by atoms with Crippen LogP contribution in [0, 0.1) is 5.82 Å². The SMILES string of the molecule is CN(C)Cc1ccc(NC(=O)c2ccc(N)cc2F)cc1. The molecule has 2 aromatic carbocycles. The molecule has 1 amide bonds. The van der Waals surface area contributed by atoms with E-state index in [1.807, 2.05) is 26.2 Å². The second kappa shape index (κ2) is 6.37. The minimum Gasteiger partial charge on any atom is -0.399 e. The fourth-order valence-corrected chi connectivity index (χ4v) is 1.97. The summed E-state index contributed by atoms with van der Waals surface area (Å²) in [6.45, 7) is 0.820. The second-order valence-electron chi connectivity index (χ2n) is 5.13. The zero-order chi connectivity index (χ0) is 15.4. The van der Waals surface area contributed by atoms with E-state index in [1.54, 1.807) is 12.1 Å². The van der Waals surface area contributed by atoms with Gasteiger partial charge in [0.1, 0.15) is 5.82 Å². The van der Waals surface area contributed by atoms with E-state index >= 15 is 0 Å². The molecule has 5 heteroatoms. The lowest BCUT2D eigenvalue weighted by Gasteiger charge is -2.11. The third kappa shape index (κ3) is 4.03. The average Bonchev–Trinajstić information content (AvgIpc) is 2.40. The molecule has 0 aliphatic rings. The normalized spacial score (nSPS) is 10.7. The van der Waals surface area contributed by atoms with Gasteiger partial charge < -0.3 is 16.0 Å². The Kier molecular flexibility index (Phi) is 4.55. The number of benzene rings is 2. The molecule has 0 bridgehead atoms. The van der Waals surface area contributed by atoms with Gasteiger partial charge in [0.05, 0.1) is 5.56 Å². The Morgan fingerprint density at radius 2 is 1.86 bits per heavy atom. The summed E-state index contributed by atoms with van der Waals surface area (Å²) in [4.78, 5) is 14.1. The van der Waals surface area contributed by atoms with E-state index in [9.17, 15) is 9.18 Å². The van der Waals surface area contributed by atoms with Crippen LogP contribution in [0.15, 0.2) is 42.5 Å². The number of hydrogen-bond donors (Lipinski definition) is 2. The second-order valence-corrected chi connectivity index (χ2v) is 5.13. The van der Waals surface area contributed by atoms with Gasteiger partial charge in [-0.25, -0.2) is 4.39 Å². The van der Waals surface area contributed by atoms with Crippen molar-refractivity contribution in [2.75, 3.05) is 25.1 Å². The summed E-state index contributed by atoms with van der Waals surface area (Å²) in [5, 5.41) is 2.67. The van der Waals surface area contributed by atoms with Gasteiger partial charge in [-0.3, -0.25) is 4.79 Å². The molecule has 110 valence electrons. The first-order chi connectivity index (χ1) is 9.95. The smallest absolute Gasteiger partial charge is 0.258 e. The number of rotatable bonds is 4. The molecule has 2 rings (SSSR count). The Morgan fingerprint density at radius 3 is 2.43 bits per heavy atom. The molecule has 0 radical (unpaired) electrons. The highest BCUT2D eigenvalue weighted by molar-refractivity contribution is 6.04. The Hall–Kier alpha value is -2.40. The van der Waals surface area contributed by atoms with Crippen molar-refractivity contribution in [3.63, 3.8) is 0 Å². The number of carbonyl (C=O) groups is 1. The standard InChI is InChI=1S/C16H18FN3O/c1-20(2)10-11-3-6-13(7-4-11)19-16(21)14-8-5-12(18)9-15(14)17/h3-9H,10,18H2,1-2H3,(H,19,21). The lowest BCUT2D eigenvalue weighted by Crippen LogP contribution is -2.14. The van der Waals surface area contributed by atoms with Gasteiger partial charge in [-0.05, 0) is 50.0 Å². The lowest BCUT2D eigenvalue weighted by atomic mass is 10.1. The van der Waals surface area contributed by atoms with Crippen molar-refractivity contribution in [2.24, 2.45) is 0 Å². The minimum absolute atomic E-state index is 0.0263. The van der Waals surface area contributed by atoms with Crippen molar-refractivity contribution in [1.82, 2.24) is 4.90 Å². The number of amides is 1. The molecule has 4 nitrogen and oxygen atoms in total. The molecule has 0 heterocycles. The van der Waals surface area contributed by atoms with E-state index in [-0.39, 0.29) is 11.3 Å². The number of nitrogens with one attached hydrogen (secondary N) is 1. The van der Waals surface area contributed by atoms with Crippen LogP contribution in [0.2, 0.25) is 0 Å². The lowest BCUT2D eigenvalue weighted by molar-refractivity contribution is 0.102. The predicted molar refractivity (Wildman–Crippen MR) is 82.6 cm³/mol. The third-order valence-electron chi connectivity index (χ3n) is 2.95. The van der Waals surface area contributed by atoms with Crippen LogP contribution in [0.1, 0.15) is 15.9 Å². The minimum atomic E-state index is -0.628. The molecule has 2 aromatic rings. The van der Waals surface area contributed by atoms with Gasteiger partial charge in [0.25, 0.3) is 5.91 Å². The van der Waals surface area contributed by atoms with Crippen LogP contribution < -0.4 is 11.1 Å². The third-order valence-corrected chi connectivity index (χ3v) is 2.95. The Labute approximate surface area is 123 Å². The van der Waals surface area contributed by atoms with E-state index in [1.165, 1.54) is 12.1 Å². The number of carbonyl (C=O) groups excluding carboxylic acids is 1. The Bertz CT molecular complexity index is 638. The van der Waals surface area contributed by atoms with Crippen molar-refractivity contribution >= 4 is 17.3 Å². The summed E-state index contributed by atoms with van der Waals surface area (Å²) >= 11 is 0. The molecule has 0 unspecified atom stereocenters. The van der Waals surface area contributed by atoms with Gasteiger partial charge in [0.15, 0.2) is 0 Å². The molecule has 21 heavy (non-hydrogen) atoms. The number of nitrogens with zero attached hydrogens (tertiary/aromatic N) is 1. The van der Waals surface area contributed by atoms with Gasteiger partial charge in [-0.15, -0.1) is 0 Å². The summed E-state index contributed by atoms with van der Waals surface area (Å²) in [7, 11) is 3.97. The van der Waals surface area contributed by atoms with Crippen LogP contribution in [0.25, 0.3) is 0 Å². The first kappa shape index (κ1) is 15.0. The first-order valence-corrected chi connectivity index (χ1v) is 6.56. The summed E-state index contributed by atoms with van der Waals surface area (Å²) in [5.74, 6) is -1.12. The molecule has 0 spiro atoms. The maximum Gasteiger partial charge on any atom is 0.258 e. The summed E-state index contributed by atoms with van der Waals surface area (Å²) < 4.78 is 13.7. The largest absolute Gasteiger partial charge is 0.399 e. The number of halogens is 1. The van der Waals surface area contributed by atoms with E-state index < -0.39 is 11.7 Å². The summed E-state index contributed by atoms with van der Waals surface area (Å²) in [6.07, 6.45) is 0. The molecule has 0 aliphatic carbocycles. The fraction of sp³-hybridized carbons (Fsp3) is 0.188. The number of nitrogen functional groups attached to an aromatic ring is 1. The molecular formula is C16H18FN3O. The van der Waals surface area contributed by atoms with E-state index in [0.717, 1.165) is 18.2 Å². The van der Waals surface area contributed by atoms with Crippen molar-refractivity contribution in [3.8, 4) is 0 Å². The quantitative estimate of drug-likeness (QED) is 0.850. The van der Waals surface area contributed by atoms with Crippen LogP contribution in [0.3, 0.4) is 0 Å². The zero-order valence-corrected chi connectivity index (χ0v) is 12.1. The first-order valence-electron chi connectivity index (χ1n) is 6.56. The summed E-state index contributed by atoms with van der Waals surface area (Å²) in [5.41, 5.74) is 7.48. The maximum atomic E-state index is 13.7. The zero-order valence-electron chi connectivity index (χ0n) is 12.1. The van der Waals surface area contributed by atoms with Crippen molar-refractivity contribution in [2.45, 2.75) is 6.54 Å². The molecular weight excluding hydrogens is 269 g/mol. The summed E-state index contributed by atoms with van der Waals surface area (Å²) in [6, 6.07) is 11.5. The molecule has 0 saturated carbocycles. The average molecular weight is 287 g/mol. The maximum absolute atomic E-state index is 13.7. The Balaban J connectivity index is 2.08. The van der Waals surface area contributed by atoms with Crippen molar-refractivity contribution < 1.29 is 9.18 Å². The van der Waals surface area contributed by atoms with Gasteiger partial charge in [0, 0.05) is 17.9 Å². The van der Waals surface area contributed by atoms with Gasteiger partial charge >= 0.3 is 0 Å². The molecule has 0 aliphatic heterocycles. The van der Waals surface area contributed by atoms with Gasteiger partial charge in [-0.2, -0.15) is 0 Å². The molecule has 0 fully saturated rings. The molecule has 0 aromatic heterocycles. The van der Waals surface area contributed by atoms with Crippen LogP contribution in [0.4, 0.5) is 15.8 Å². The molecule has 3 N–H and O–H groups in total. The van der Waals surface area contributed by atoms with Crippen LogP contribution in [0.5, 0.6) is 0 Å². The topological polar surface area (TPSA) is 58.4 Å². The van der Waals surface area contributed by atoms with E-state index in [0.29, 0.717) is 5.69 Å². The van der Waals surface area contributed by atoms with E-state index in [2.05, 4.69) is 10.2 Å².